The van der Waals surface area contributed by atoms with Crippen LogP contribution in [0.1, 0.15) is 0 Å². The minimum atomic E-state index is -4.14. The van der Waals surface area contributed by atoms with Gasteiger partial charge in [0, 0.05) is 7.11 Å². The van der Waals surface area contributed by atoms with Gasteiger partial charge in [-0.1, -0.05) is 5.04 Å². The highest BCUT2D eigenvalue weighted by molar-refractivity contribution is 7.96. The predicted octanol–water partition coefficient (Wildman–Crippen LogP) is 0.381. The Kier molecular flexibility index (Phi) is 8.49. The first-order chi connectivity index (χ1) is 8.44. The van der Waals surface area contributed by atoms with Gasteiger partial charge in [-0.3, -0.25) is 0 Å². The fraction of sp³-hybridized carbons (Fsp3) is 0.714. The highest BCUT2D eigenvalue weighted by Crippen LogP contribution is 2.31. The summed E-state index contributed by atoms with van der Waals surface area (Å²) in [6, 6.07) is 0. The zero-order chi connectivity index (χ0) is 14.0. The maximum absolute atomic E-state index is 12.8. The highest BCUT2D eigenvalue weighted by atomic mass is 32.2. The Morgan fingerprint density at radius 1 is 1.28 bits per heavy atom. The molecule has 0 aliphatic carbocycles. The number of halogens is 2. The molecule has 18 heavy (non-hydrogen) atoms. The van der Waals surface area contributed by atoms with Crippen LogP contribution < -0.4 is 0 Å². The summed E-state index contributed by atoms with van der Waals surface area (Å²) in [5.41, 5.74) is 0. The number of hydrogen-bond donors (Lipinski definition) is 1. The number of carbonyl (C=O) groups excluding carboxylic acids is 2. The van der Waals surface area contributed by atoms with E-state index in [1.165, 1.54) is 7.11 Å². The summed E-state index contributed by atoms with van der Waals surface area (Å²) in [6.45, 7) is -0.967. The van der Waals surface area contributed by atoms with Crippen LogP contribution in [-0.2, 0) is 33.2 Å². The molecule has 0 saturated heterocycles. The SMILES string of the molecule is COCCOC(=O)COC(=O)C(F)(F)SOOO. The van der Waals surface area contributed by atoms with E-state index in [0.717, 1.165) is 0 Å². The van der Waals surface area contributed by atoms with Crippen molar-refractivity contribution in [3.63, 3.8) is 0 Å². The smallest absolute Gasteiger partial charge is 0.415 e. The molecule has 0 aromatic heterocycles. The number of carbonyl (C=O) groups is 2. The second-order valence-corrected chi connectivity index (χ2v) is 3.35. The summed E-state index contributed by atoms with van der Waals surface area (Å²) in [4.78, 5) is 21.6. The third kappa shape index (κ3) is 7.34. The van der Waals surface area contributed by atoms with E-state index in [2.05, 4.69) is 23.6 Å². The molecule has 1 N–H and O–H groups in total. The molecule has 0 saturated carbocycles. The van der Waals surface area contributed by atoms with Gasteiger partial charge in [-0.2, -0.15) is 8.78 Å². The zero-order valence-corrected chi connectivity index (χ0v) is 9.91. The molecule has 0 aromatic rings. The van der Waals surface area contributed by atoms with Crippen LogP contribution in [0.4, 0.5) is 8.78 Å². The molecular weight excluding hydrogens is 282 g/mol. The van der Waals surface area contributed by atoms with Gasteiger partial charge in [0.15, 0.2) is 6.61 Å². The maximum Gasteiger partial charge on any atom is 0.415 e. The molecule has 0 spiro atoms. The van der Waals surface area contributed by atoms with Crippen LogP contribution in [-0.4, -0.2) is 49.4 Å². The number of esters is 2. The van der Waals surface area contributed by atoms with Gasteiger partial charge in [0.25, 0.3) is 0 Å². The Hall–Kier alpha value is -1.01. The first-order valence-corrected chi connectivity index (χ1v) is 5.03. The van der Waals surface area contributed by atoms with Gasteiger partial charge < -0.3 is 14.2 Å². The second kappa shape index (κ2) is 8.99. The van der Waals surface area contributed by atoms with Crippen LogP contribution in [0.15, 0.2) is 0 Å². The molecule has 0 bridgehead atoms. The van der Waals surface area contributed by atoms with Crippen LogP contribution in [0.3, 0.4) is 0 Å². The molecule has 0 aromatic carbocycles. The number of alkyl halides is 2. The lowest BCUT2D eigenvalue weighted by atomic mass is 10.6. The molecule has 106 valence electrons. The number of ether oxygens (including phenoxy) is 3. The molecule has 11 heteroatoms. The minimum Gasteiger partial charge on any atom is -0.461 e. The lowest BCUT2D eigenvalue weighted by molar-refractivity contribution is -0.433. The average Bonchev–Trinajstić information content (AvgIpc) is 2.33. The largest absolute Gasteiger partial charge is 0.461 e. The summed E-state index contributed by atoms with van der Waals surface area (Å²) >= 11 is -0.792. The molecule has 0 rings (SSSR count). The van der Waals surface area contributed by atoms with E-state index in [0.29, 0.717) is 0 Å². The molecule has 0 amide bonds. The molecule has 0 aliphatic heterocycles. The van der Waals surface area contributed by atoms with Gasteiger partial charge in [0.2, 0.25) is 0 Å². The van der Waals surface area contributed by atoms with Gasteiger partial charge in [0.05, 0.1) is 6.61 Å². The molecule has 0 atom stereocenters. The third-order valence-corrected chi connectivity index (χ3v) is 1.78. The Bertz CT molecular complexity index is 274. The van der Waals surface area contributed by atoms with Crippen LogP contribution >= 0.6 is 12.0 Å². The van der Waals surface area contributed by atoms with Crippen LogP contribution in [0.5, 0.6) is 0 Å². The van der Waals surface area contributed by atoms with Crippen molar-refractivity contribution >= 4 is 24.0 Å². The van der Waals surface area contributed by atoms with E-state index in [9.17, 15) is 18.4 Å². The lowest BCUT2D eigenvalue weighted by Crippen LogP contribution is -2.30. The van der Waals surface area contributed by atoms with E-state index in [1.54, 1.807) is 0 Å². The van der Waals surface area contributed by atoms with Gasteiger partial charge >= 0.3 is 17.2 Å². The standard InChI is InChI=1S/C7H10F2O8S/c1-13-2-3-14-5(10)4-15-6(11)7(8,9)18-17-16-12/h12H,2-4H2,1H3. The van der Waals surface area contributed by atoms with E-state index >= 15 is 0 Å². The van der Waals surface area contributed by atoms with E-state index in [-0.39, 0.29) is 13.2 Å². The predicted molar refractivity (Wildman–Crippen MR) is 51.1 cm³/mol. The number of rotatable bonds is 9. The van der Waals surface area contributed by atoms with Crippen molar-refractivity contribution in [3.8, 4) is 0 Å². The van der Waals surface area contributed by atoms with Crippen molar-refractivity contribution in [1.82, 2.24) is 0 Å². The topological polar surface area (TPSA) is 101 Å². The van der Waals surface area contributed by atoms with Crippen LogP contribution in [0.2, 0.25) is 0 Å². The second-order valence-electron chi connectivity index (χ2n) is 2.53. The quantitative estimate of drug-likeness (QED) is 0.212. The van der Waals surface area contributed by atoms with Crippen molar-refractivity contribution in [2.24, 2.45) is 0 Å². The molecule has 0 aliphatic rings. The normalized spacial score (nSPS) is 11.1. The summed E-state index contributed by atoms with van der Waals surface area (Å²) in [7, 11) is 1.37. The minimum absolute atomic E-state index is 0.0977. The van der Waals surface area contributed by atoms with E-state index < -0.39 is 35.8 Å². The van der Waals surface area contributed by atoms with Crippen molar-refractivity contribution < 1.29 is 47.2 Å². The number of hydrogen-bond acceptors (Lipinski definition) is 9. The van der Waals surface area contributed by atoms with Gasteiger partial charge in [-0.05, 0) is 0 Å². The van der Waals surface area contributed by atoms with Crippen molar-refractivity contribution in [2.45, 2.75) is 5.25 Å². The fourth-order valence-electron chi connectivity index (χ4n) is 0.581. The van der Waals surface area contributed by atoms with Crippen LogP contribution in [0, 0.1) is 0 Å². The molecule has 0 radical (unpaired) electrons. The lowest BCUT2D eigenvalue weighted by Gasteiger charge is -2.11. The Morgan fingerprint density at radius 3 is 2.50 bits per heavy atom. The monoisotopic (exact) mass is 292 g/mol. The summed E-state index contributed by atoms with van der Waals surface area (Å²) in [5.74, 6) is -3.06. The van der Waals surface area contributed by atoms with Crippen molar-refractivity contribution in [2.75, 3.05) is 26.9 Å². The Labute approximate surface area is 104 Å². The molecule has 0 fully saturated rings. The van der Waals surface area contributed by atoms with E-state index in [4.69, 9.17) is 5.26 Å². The Morgan fingerprint density at radius 2 is 1.94 bits per heavy atom. The molecule has 8 nitrogen and oxygen atoms in total. The van der Waals surface area contributed by atoms with Crippen molar-refractivity contribution in [3.05, 3.63) is 0 Å². The van der Waals surface area contributed by atoms with E-state index in [1.807, 2.05) is 0 Å². The van der Waals surface area contributed by atoms with Gasteiger partial charge in [0.1, 0.15) is 18.6 Å². The maximum atomic E-state index is 12.8. The fourth-order valence-corrected chi connectivity index (χ4v) is 0.824. The molecular formula is C7H10F2O8S. The first kappa shape index (κ1) is 17.0. The highest BCUT2D eigenvalue weighted by Gasteiger charge is 2.44. The molecule has 0 unspecified atom stereocenters. The Balaban J connectivity index is 3.90. The summed E-state index contributed by atoms with van der Waals surface area (Å²) < 4.78 is 41.9. The summed E-state index contributed by atoms with van der Waals surface area (Å²) in [6.07, 6.45) is 0. The summed E-state index contributed by atoms with van der Waals surface area (Å²) in [5, 5.41) is 6.38. The average molecular weight is 292 g/mol. The third-order valence-electron chi connectivity index (χ3n) is 1.28. The number of methoxy groups -OCH3 is 1. The van der Waals surface area contributed by atoms with Crippen molar-refractivity contribution in [1.29, 1.82) is 0 Å². The zero-order valence-electron chi connectivity index (χ0n) is 9.09. The van der Waals surface area contributed by atoms with Gasteiger partial charge in [-0.25, -0.2) is 14.8 Å². The van der Waals surface area contributed by atoms with Gasteiger partial charge in [-0.15, -0.1) is 4.33 Å². The van der Waals surface area contributed by atoms with Crippen LogP contribution in [0.25, 0.3) is 0 Å². The molecule has 0 heterocycles. The first-order valence-electron chi connectivity index (χ1n) is 4.29.